The van der Waals surface area contributed by atoms with E-state index in [0.717, 1.165) is 0 Å². The van der Waals surface area contributed by atoms with Gasteiger partial charge < -0.3 is 5.11 Å². The third kappa shape index (κ3) is 2.15. The number of aromatic nitrogens is 6. The summed E-state index contributed by atoms with van der Waals surface area (Å²) in [5, 5.41) is 24.5. The minimum absolute atomic E-state index is 0.219. The molecule has 1 aromatic carbocycles. The van der Waals surface area contributed by atoms with Crippen LogP contribution in [-0.4, -0.2) is 41.1 Å². The largest absolute Gasteiger partial charge is 0.478 e. The normalized spacial score (nSPS) is 10.9. The highest BCUT2D eigenvalue weighted by Crippen LogP contribution is 2.13. The molecule has 0 saturated heterocycles. The number of benzene rings is 1. The van der Waals surface area contributed by atoms with E-state index in [1.165, 1.54) is 6.07 Å². The van der Waals surface area contributed by atoms with Crippen molar-refractivity contribution in [3.63, 3.8) is 0 Å². The molecule has 0 unspecified atom stereocenters. The molecule has 0 aliphatic heterocycles. The zero-order valence-electron chi connectivity index (χ0n) is 9.84. The molecule has 1 N–H and O–H groups in total. The fourth-order valence-corrected chi connectivity index (χ4v) is 1.81. The summed E-state index contributed by atoms with van der Waals surface area (Å²) in [4.78, 5) is 10.9. The molecule has 0 saturated carbocycles. The number of nitrogens with zero attached hydrogens (tertiary/aromatic N) is 6. The molecule has 3 aromatic rings. The molecule has 0 spiro atoms. The summed E-state index contributed by atoms with van der Waals surface area (Å²) >= 11 is 0. The summed E-state index contributed by atoms with van der Waals surface area (Å²) < 4.78 is 3.33. The van der Waals surface area contributed by atoms with Crippen molar-refractivity contribution in [2.75, 3.05) is 0 Å². The molecule has 0 aliphatic rings. The first-order chi connectivity index (χ1) is 9.24. The van der Waals surface area contributed by atoms with Crippen molar-refractivity contribution in [3.05, 3.63) is 36.2 Å². The van der Waals surface area contributed by atoms with Crippen LogP contribution in [0, 0.1) is 0 Å². The average Bonchev–Trinajstić information content (AvgIpc) is 3.05. The van der Waals surface area contributed by atoms with Crippen LogP contribution in [0.4, 0.5) is 0 Å². The maximum atomic E-state index is 10.9. The molecule has 0 aliphatic carbocycles. The van der Waals surface area contributed by atoms with Gasteiger partial charge in [-0.2, -0.15) is 0 Å². The Hall–Kier alpha value is -2.77. The zero-order chi connectivity index (χ0) is 13.2. The van der Waals surface area contributed by atoms with Crippen molar-refractivity contribution in [3.8, 4) is 0 Å². The number of carbonyl (C=O) groups is 1. The first-order valence-electron chi connectivity index (χ1n) is 5.65. The summed E-state index contributed by atoms with van der Waals surface area (Å²) in [6, 6.07) is 4.73. The Morgan fingerprint density at radius 3 is 2.89 bits per heavy atom. The summed E-state index contributed by atoms with van der Waals surface area (Å²) in [6.07, 6.45) is 3.35. The van der Waals surface area contributed by atoms with Gasteiger partial charge in [-0.1, -0.05) is 10.4 Å². The molecule has 8 heteroatoms. The van der Waals surface area contributed by atoms with E-state index in [1.807, 2.05) is 0 Å². The highest BCUT2D eigenvalue weighted by Gasteiger charge is 2.09. The van der Waals surface area contributed by atoms with Gasteiger partial charge in [0.15, 0.2) is 0 Å². The number of carboxylic acid groups (broad SMARTS) is 1. The van der Waals surface area contributed by atoms with Crippen molar-refractivity contribution < 1.29 is 9.90 Å². The van der Waals surface area contributed by atoms with Crippen molar-refractivity contribution >= 4 is 17.0 Å². The SMILES string of the molecule is O=C(O)c1ccc2nnn(CCn3ccnn3)c2c1. The van der Waals surface area contributed by atoms with Gasteiger partial charge >= 0.3 is 5.97 Å². The first-order valence-corrected chi connectivity index (χ1v) is 5.65. The number of rotatable bonds is 4. The van der Waals surface area contributed by atoms with Crippen LogP contribution < -0.4 is 0 Å². The Labute approximate surface area is 107 Å². The monoisotopic (exact) mass is 258 g/mol. The van der Waals surface area contributed by atoms with Crippen LogP contribution in [0.5, 0.6) is 0 Å². The van der Waals surface area contributed by atoms with E-state index in [4.69, 9.17) is 5.11 Å². The van der Waals surface area contributed by atoms with Gasteiger partial charge in [-0.05, 0) is 18.2 Å². The summed E-state index contributed by atoms with van der Waals surface area (Å²) in [5.41, 5.74) is 1.58. The third-order valence-electron chi connectivity index (χ3n) is 2.77. The number of hydrogen-bond acceptors (Lipinski definition) is 5. The van der Waals surface area contributed by atoms with Gasteiger partial charge in [0.2, 0.25) is 0 Å². The Morgan fingerprint density at radius 1 is 1.26 bits per heavy atom. The fraction of sp³-hybridized carbons (Fsp3) is 0.182. The lowest BCUT2D eigenvalue weighted by Crippen LogP contribution is -2.09. The second-order valence-electron chi connectivity index (χ2n) is 3.99. The van der Waals surface area contributed by atoms with Crippen LogP contribution in [0.1, 0.15) is 10.4 Å². The molecule has 0 amide bonds. The maximum Gasteiger partial charge on any atom is 0.335 e. The molecule has 96 valence electrons. The Morgan fingerprint density at radius 2 is 2.16 bits per heavy atom. The molecule has 0 atom stereocenters. The quantitative estimate of drug-likeness (QED) is 0.728. The van der Waals surface area contributed by atoms with E-state index in [9.17, 15) is 4.79 Å². The molecule has 2 heterocycles. The number of fused-ring (bicyclic) bond motifs is 1. The first kappa shape index (κ1) is 11.3. The highest BCUT2D eigenvalue weighted by molar-refractivity contribution is 5.92. The number of aryl methyl sites for hydroxylation is 2. The molecule has 3 rings (SSSR count). The van der Waals surface area contributed by atoms with Crippen molar-refractivity contribution in [1.82, 2.24) is 30.0 Å². The summed E-state index contributed by atoms with van der Waals surface area (Å²) in [5.74, 6) is -0.967. The van der Waals surface area contributed by atoms with E-state index in [1.54, 1.807) is 33.9 Å². The second kappa shape index (κ2) is 4.48. The Kier molecular flexibility index (Phi) is 2.67. The van der Waals surface area contributed by atoms with Gasteiger partial charge in [-0.25, -0.2) is 9.48 Å². The van der Waals surface area contributed by atoms with Crippen LogP contribution >= 0.6 is 0 Å². The summed E-state index contributed by atoms with van der Waals surface area (Å²) in [7, 11) is 0. The van der Waals surface area contributed by atoms with Gasteiger partial charge in [0.25, 0.3) is 0 Å². The highest BCUT2D eigenvalue weighted by atomic mass is 16.4. The standard InChI is InChI=1S/C11H10N6O2/c18-11(19)8-1-2-9-10(7-8)17(15-13-9)6-5-16-4-3-12-14-16/h1-4,7H,5-6H2,(H,18,19). The van der Waals surface area contributed by atoms with E-state index in [0.29, 0.717) is 24.1 Å². The topological polar surface area (TPSA) is 98.7 Å². The van der Waals surface area contributed by atoms with Crippen molar-refractivity contribution in [1.29, 1.82) is 0 Å². The lowest BCUT2D eigenvalue weighted by atomic mass is 10.2. The second-order valence-corrected chi connectivity index (χ2v) is 3.99. The summed E-state index contributed by atoms with van der Waals surface area (Å²) in [6.45, 7) is 1.14. The van der Waals surface area contributed by atoms with Crippen molar-refractivity contribution in [2.45, 2.75) is 13.1 Å². The van der Waals surface area contributed by atoms with Crippen LogP contribution in [0.25, 0.3) is 11.0 Å². The molecular formula is C11H10N6O2. The van der Waals surface area contributed by atoms with Gasteiger partial charge in [0, 0.05) is 6.20 Å². The van der Waals surface area contributed by atoms with E-state index < -0.39 is 5.97 Å². The Bertz CT molecular complexity index is 718. The minimum atomic E-state index is -0.967. The van der Waals surface area contributed by atoms with Gasteiger partial charge in [0.05, 0.1) is 30.4 Å². The predicted molar refractivity (Wildman–Crippen MR) is 64.5 cm³/mol. The molecule has 0 bridgehead atoms. The molecule has 8 nitrogen and oxygen atoms in total. The Balaban J connectivity index is 1.90. The molecule has 0 radical (unpaired) electrons. The lowest BCUT2D eigenvalue weighted by molar-refractivity contribution is 0.0697. The van der Waals surface area contributed by atoms with E-state index in [-0.39, 0.29) is 5.56 Å². The van der Waals surface area contributed by atoms with E-state index >= 15 is 0 Å². The molecule has 19 heavy (non-hydrogen) atoms. The van der Waals surface area contributed by atoms with Gasteiger partial charge in [-0.3, -0.25) is 4.68 Å². The predicted octanol–water partition coefficient (Wildman–Crippen LogP) is 0.421. The number of hydrogen-bond donors (Lipinski definition) is 1. The molecular weight excluding hydrogens is 248 g/mol. The maximum absolute atomic E-state index is 10.9. The average molecular weight is 258 g/mol. The number of carboxylic acids is 1. The van der Waals surface area contributed by atoms with Crippen LogP contribution in [0.3, 0.4) is 0 Å². The van der Waals surface area contributed by atoms with E-state index in [2.05, 4.69) is 20.6 Å². The zero-order valence-corrected chi connectivity index (χ0v) is 9.84. The third-order valence-corrected chi connectivity index (χ3v) is 2.77. The number of aromatic carboxylic acids is 1. The van der Waals surface area contributed by atoms with Gasteiger partial charge in [0.1, 0.15) is 5.52 Å². The fourth-order valence-electron chi connectivity index (χ4n) is 1.81. The van der Waals surface area contributed by atoms with Crippen LogP contribution in [-0.2, 0) is 13.1 Å². The van der Waals surface area contributed by atoms with Crippen LogP contribution in [0.15, 0.2) is 30.6 Å². The molecule has 0 fully saturated rings. The minimum Gasteiger partial charge on any atom is -0.478 e. The van der Waals surface area contributed by atoms with Crippen molar-refractivity contribution in [2.24, 2.45) is 0 Å². The van der Waals surface area contributed by atoms with Crippen LogP contribution in [0.2, 0.25) is 0 Å². The smallest absolute Gasteiger partial charge is 0.335 e. The molecule has 2 aromatic heterocycles. The lowest BCUT2D eigenvalue weighted by Gasteiger charge is -2.02. The van der Waals surface area contributed by atoms with Gasteiger partial charge in [-0.15, -0.1) is 10.2 Å².